The highest BCUT2D eigenvalue weighted by Gasteiger charge is 2.58. The Balaban J connectivity index is 1.55. The minimum atomic E-state index is -3.75. The van der Waals surface area contributed by atoms with Crippen LogP contribution in [0.4, 0.5) is 5.69 Å². The van der Waals surface area contributed by atoms with Crippen molar-refractivity contribution in [2.45, 2.75) is 31.2 Å². The number of rotatable bonds is 3. The van der Waals surface area contributed by atoms with E-state index in [-0.39, 0.29) is 12.0 Å². The Labute approximate surface area is 192 Å². The third-order valence-electron chi connectivity index (χ3n) is 8.33. The van der Waals surface area contributed by atoms with Crippen LogP contribution in [0, 0.1) is 17.8 Å². The summed E-state index contributed by atoms with van der Waals surface area (Å²) in [5, 5.41) is 16.6. The van der Waals surface area contributed by atoms with E-state index in [1.807, 2.05) is 30.6 Å². The van der Waals surface area contributed by atoms with Crippen molar-refractivity contribution in [1.29, 1.82) is 0 Å². The van der Waals surface area contributed by atoms with Crippen molar-refractivity contribution in [3.63, 3.8) is 0 Å². The molecular weight excluding hydrogens is 436 g/mol. The summed E-state index contributed by atoms with van der Waals surface area (Å²) in [7, 11) is -0.506. The summed E-state index contributed by atoms with van der Waals surface area (Å²) < 4.78 is 30.9. The fourth-order valence-electron chi connectivity index (χ4n) is 7.04. The molecule has 2 unspecified atom stereocenters. The van der Waals surface area contributed by atoms with E-state index >= 15 is 0 Å². The second kappa shape index (κ2) is 6.57. The Morgan fingerprint density at radius 1 is 1.00 bits per heavy atom. The van der Waals surface area contributed by atoms with Crippen molar-refractivity contribution in [3.8, 4) is 0 Å². The molecule has 5 atom stereocenters. The van der Waals surface area contributed by atoms with Crippen molar-refractivity contribution in [2.24, 2.45) is 17.8 Å². The highest BCUT2D eigenvalue weighted by atomic mass is 32.2. The number of aromatic amines is 2. The van der Waals surface area contributed by atoms with Gasteiger partial charge in [-0.1, -0.05) is 6.07 Å². The van der Waals surface area contributed by atoms with Crippen LogP contribution < -0.4 is 4.31 Å². The first kappa shape index (κ1) is 19.5. The highest BCUT2D eigenvalue weighted by Crippen LogP contribution is 2.66. The molecule has 7 rings (SSSR count). The molecule has 8 nitrogen and oxygen atoms in total. The number of nitrogens with zero attached hydrogens (tertiary/aromatic N) is 4. The van der Waals surface area contributed by atoms with Gasteiger partial charge < -0.3 is 0 Å². The first-order valence-electron chi connectivity index (χ1n) is 11.6. The van der Waals surface area contributed by atoms with Crippen LogP contribution in [0.5, 0.6) is 0 Å². The standard InChI is InChI=1S/C24H26N6O2S/c1-29(2)33(31,32)30-20-8-7-19-17(12-26-28-19)23(20)21-13-3-4-14(9-13)22(21)24(30)15-5-6-18-16(10-15)11-25-27-18/h5-8,10-14,21-22,24H,3-4,9H2,1-2H3,(H,25,27)(H,26,28)/t13?,14?,21-,22+,24-/m0/s1. The predicted molar refractivity (Wildman–Crippen MR) is 127 cm³/mol. The van der Waals surface area contributed by atoms with Crippen LogP contribution in [0.25, 0.3) is 21.8 Å². The minimum absolute atomic E-state index is 0.232. The Morgan fingerprint density at radius 3 is 2.61 bits per heavy atom. The minimum Gasteiger partial charge on any atom is -0.278 e. The van der Waals surface area contributed by atoms with Gasteiger partial charge in [0.25, 0.3) is 0 Å². The lowest BCUT2D eigenvalue weighted by atomic mass is 9.67. The van der Waals surface area contributed by atoms with Gasteiger partial charge in [-0.25, -0.2) is 4.31 Å². The molecule has 170 valence electrons. The van der Waals surface area contributed by atoms with Crippen molar-refractivity contribution in [3.05, 3.63) is 53.9 Å². The molecule has 1 aliphatic heterocycles. The van der Waals surface area contributed by atoms with Crippen LogP contribution in [0.2, 0.25) is 0 Å². The molecule has 0 saturated heterocycles. The van der Waals surface area contributed by atoms with E-state index in [1.165, 1.54) is 23.6 Å². The van der Waals surface area contributed by atoms with Gasteiger partial charge in [-0.3, -0.25) is 10.2 Å². The summed E-state index contributed by atoms with van der Waals surface area (Å²) in [6.07, 6.45) is 7.24. The molecule has 3 aliphatic rings. The lowest BCUT2D eigenvalue weighted by Crippen LogP contribution is -2.50. The fourth-order valence-corrected chi connectivity index (χ4v) is 8.35. The van der Waals surface area contributed by atoms with E-state index in [0.717, 1.165) is 38.6 Å². The SMILES string of the molecule is CN(C)S(=O)(=O)N1c2ccc3[nH]ncc3c2[C@H]2C3CCC(C3)[C@H]2[C@@H]1c1ccc2[nH]ncc2c1. The van der Waals surface area contributed by atoms with E-state index in [2.05, 4.69) is 32.5 Å². The normalized spacial score (nSPS) is 28.7. The molecule has 2 aromatic heterocycles. The Kier molecular flexibility index (Phi) is 3.89. The van der Waals surface area contributed by atoms with Gasteiger partial charge in [0.15, 0.2) is 0 Å². The van der Waals surface area contributed by atoms with E-state index in [4.69, 9.17) is 0 Å². The summed E-state index contributed by atoms with van der Waals surface area (Å²) in [5.74, 6) is 1.67. The molecule has 2 bridgehead atoms. The van der Waals surface area contributed by atoms with Crippen molar-refractivity contribution in [2.75, 3.05) is 18.4 Å². The molecule has 3 heterocycles. The first-order chi connectivity index (χ1) is 15.9. The number of aromatic nitrogens is 4. The van der Waals surface area contributed by atoms with Crippen molar-refractivity contribution in [1.82, 2.24) is 24.7 Å². The summed E-state index contributed by atoms with van der Waals surface area (Å²) in [4.78, 5) is 0. The number of nitrogens with one attached hydrogen (secondary N) is 2. The molecule has 2 aliphatic carbocycles. The largest absolute Gasteiger partial charge is 0.304 e. The van der Waals surface area contributed by atoms with Crippen LogP contribution in [-0.4, -0.2) is 47.2 Å². The van der Waals surface area contributed by atoms with Crippen molar-refractivity contribution < 1.29 is 8.42 Å². The third kappa shape index (κ3) is 2.52. The Morgan fingerprint density at radius 2 is 1.76 bits per heavy atom. The average Bonchev–Trinajstić information content (AvgIpc) is 3.60. The van der Waals surface area contributed by atoms with Gasteiger partial charge in [-0.05, 0) is 78.3 Å². The number of H-pyrrole nitrogens is 2. The molecule has 0 spiro atoms. The molecule has 9 heteroatoms. The zero-order valence-corrected chi connectivity index (χ0v) is 19.4. The van der Waals surface area contributed by atoms with Crippen LogP contribution >= 0.6 is 0 Å². The zero-order valence-electron chi connectivity index (χ0n) is 18.6. The van der Waals surface area contributed by atoms with Gasteiger partial charge >= 0.3 is 10.2 Å². The quantitative estimate of drug-likeness (QED) is 0.482. The molecule has 2 aromatic carbocycles. The van der Waals surface area contributed by atoms with Crippen LogP contribution in [0.15, 0.2) is 42.7 Å². The summed E-state index contributed by atoms with van der Waals surface area (Å²) in [5.41, 5.74) is 4.92. The molecule has 2 N–H and O–H groups in total. The first-order valence-corrected chi connectivity index (χ1v) is 13.0. The zero-order chi connectivity index (χ0) is 22.5. The highest BCUT2D eigenvalue weighted by molar-refractivity contribution is 7.90. The summed E-state index contributed by atoms with van der Waals surface area (Å²) in [6, 6.07) is 9.90. The van der Waals surface area contributed by atoms with E-state index in [0.29, 0.717) is 17.8 Å². The number of hydrogen-bond donors (Lipinski definition) is 2. The maximum Gasteiger partial charge on any atom is 0.304 e. The maximum absolute atomic E-state index is 13.9. The van der Waals surface area contributed by atoms with E-state index in [1.54, 1.807) is 18.4 Å². The average molecular weight is 463 g/mol. The Hall–Kier alpha value is -2.91. The van der Waals surface area contributed by atoms with Gasteiger partial charge in [0.1, 0.15) is 0 Å². The Bertz CT molecular complexity index is 1510. The molecule has 0 radical (unpaired) electrons. The molecular formula is C24H26N6O2S. The number of fused-ring (bicyclic) bond motifs is 10. The van der Waals surface area contributed by atoms with Crippen molar-refractivity contribution >= 4 is 37.7 Å². The molecule has 33 heavy (non-hydrogen) atoms. The topological polar surface area (TPSA) is 98.0 Å². The molecule has 0 amide bonds. The van der Waals surface area contributed by atoms with Crippen LogP contribution in [-0.2, 0) is 10.2 Å². The van der Waals surface area contributed by atoms with E-state index in [9.17, 15) is 8.42 Å². The van der Waals surface area contributed by atoms with E-state index < -0.39 is 10.2 Å². The summed E-state index contributed by atoms with van der Waals surface area (Å²) >= 11 is 0. The second-order valence-corrected chi connectivity index (χ2v) is 12.0. The molecule has 4 aromatic rings. The number of benzene rings is 2. The number of anilines is 1. The monoisotopic (exact) mass is 462 g/mol. The van der Waals surface area contributed by atoms with Gasteiger partial charge in [-0.2, -0.15) is 22.9 Å². The molecule has 2 saturated carbocycles. The fraction of sp³-hybridized carbons (Fsp3) is 0.417. The second-order valence-electron chi connectivity index (χ2n) is 10.0. The van der Waals surface area contributed by atoms with Gasteiger partial charge in [0.2, 0.25) is 0 Å². The lowest BCUT2D eigenvalue weighted by molar-refractivity contribution is 0.236. The third-order valence-corrected chi connectivity index (χ3v) is 10.2. The molecule has 2 fully saturated rings. The lowest BCUT2D eigenvalue weighted by Gasteiger charge is -2.49. The predicted octanol–water partition coefficient (Wildman–Crippen LogP) is 3.94. The smallest absolute Gasteiger partial charge is 0.278 e. The van der Waals surface area contributed by atoms with Gasteiger partial charge in [-0.15, -0.1) is 0 Å². The maximum atomic E-state index is 13.9. The van der Waals surface area contributed by atoms with Crippen LogP contribution in [0.1, 0.15) is 42.3 Å². The van der Waals surface area contributed by atoms with Gasteiger partial charge in [0, 0.05) is 24.9 Å². The van der Waals surface area contributed by atoms with Gasteiger partial charge in [0.05, 0.1) is 35.2 Å². The van der Waals surface area contributed by atoms with Crippen LogP contribution in [0.3, 0.4) is 0 Å². The summed E-state index contributed by atoms with van der Waals surface area (Å²) in [6.45, 7) is 0. The number of hydrogen-bond acceptors (Lipinski definition) is 4.